The summed E-state index contributed by atoms with van der Waals surface area (Å²) in [6, 6.07) is 85.5. The van der Waals surface area contributed by atoms with Gasteiger partial charge < -0.3 is 19.3 Å². The summed E-state index contributed by atoms with van der Waals surface area (Å²) in [5.41, 5.74) is 18.7. The number of rotatable bonds is 4. The molecule has 4 aliphatic heterocycles. The fraction of sp³-hybridized carbons (Fsp3) is 0.0164. The number of nitrogens with zero attached hydrogens (tertiary/aromatic N) is 2. The van der Waals surface area contributed by atoms with Crippen LogP contribution in [0.5, 0.6) is 23.0 Å². The van der Waals surface area contributed by atoms with Crippen molar-refractivity contribution in [2.24, 2.45) is 0 Å². The van der Waals surface area contributed by atoms with Crippen LogP contribution in [0, 0.1) is 0 Å². The van der Waals surface area contributed by atoms with Crippen LogP contribution < -0.4 is 35.7 Å². The van der Waals surface area contributed by atoms with E-state index in [1.165, 1.54) is 22.3 Å². The largest absolute Gasteiger partial charge is 0.458 e. The van der Waals surface area contributed by atoms with E-state index in [-0.39, 0.29) is 6.71 Å². The molecule has 0 atom stereocenters. The van der Waals surface area contributed by atoms with E-state index in [1.54, 1.807) is 0 Å². The smallest absolute Gasteiger partial charge is 0.260 e. The zero-order valence-electron chi connectivity index (χ0n) is 35.8. The van der Waals surface area contributed by atoms with Crippen molar-refractivity contribution < 1.29 is 9.47 Å². The maximum Gasteiger partial charge on any atom is 0.260 e. The second-order valence-electron chi connectivity index (χ2n) is 17.6. The molecule has 0 radical (unpaired) electrons. The molecule has 10 aromatic carbocycles. The highest BCUT2D eigenvalue weighted by Crippen LogP contribution is 2.64. The Labute approximate surface area is 384 Å². The Morgan fingerprint density at radius 1 is 0.303 bits per heavy atom. The molecule has 0 aromatic heterocycles. The molecule has 0 aliphatic carbocycles. The van der Waals surface area contributed by atoms with Gasteiger partial charge in [0.2, 0.25) is 0 Å². The summed E-state index contributed by atoms with van der Waals surface area (Å²) in [6.07, 6.45) is 0. The molecule has 0 bridgehead atoms. The molecule has 0 saturated carbocycles. The van der Waals surface area contributed by atoms with Crippen LogP contribution in [0.2, 0.25) is 0 Å². The summed E-state index contributed by atoms with van der Waals surface area (Å²) in [6.45, 7) is -0.0850. The van der Waals surface area contributed by atoms with E-state index in [0.717, 1.165) is 95.8 Å². The van der Waals surface area contributed by atoms with Gasteiger partial charge in [-0.25, -0.2) is 0 Å². The molecule has 14 rings (SSSR count). The lowest BCUT2D eigenvalue weighted by Crippen LogP contribution is -2.57. The summed E-state index contributed by atoms with van der Waals surface area (Å²) in [5.74, 6) is 3.30. The molecule has 0 saturated heterocycles. The average molecular weight is 843 g/mol. The highest BCUT2D eigenvalue weighted by atomic mass is 16.5. The predicted octanol–water partition coefficient (Wildman–Crippen LogP) is 13.7. The lowest BCUT2D eigenvalue weighted by Gasteiger charge is -2.51. The van der Waals surface area contributed by atoms with Gasteiger partial charge >= 0.3 is 0 Å². The SMILES string of the molecule is c1ccc(-c2ccc3c(c2)Oc2cc(N4c5ccccc5C5(c6ccccc6N(c6ccccc6)c6ccccc65)c5ccccc54)cc4c2B3c2ccc(-c3ccccc3)cc2O4)cc1. The number of hydrogen-bond donors (Lipinski definition) is 0. The Morgan fingerprint density at radius 3 is 1.09 bits per heavy atom. The molecule has 10 aromatic rings. The van der Waals surface area contributed by atoms with Crippen molar-refractivity contribution in [3.63, 3.8) is 0 Å². The van der Waals surface area contributed by atoms with Crippen LogP contribution in [-0.4, -0.2) is 6.71 Å². The van der Waals surface area contributed by atoms with E-state index in [2.05, 4.69) is 246 Å². The van der Waals surface area contributed by atoms with Crippen LogP contribution in [0.4, 0.5) is 34.1 Å². The highest BCUT2D eigenvalue weighted by molar-refractivity contribution is 6.98. The second-order valence-corrected chi connectivity index (χ2v) is 17.6. The van der Waals surface area contributed by atoms with Gasteiger partial charge in [0.1, 0.15) is 23.0 Å². The van der Waals surface area contributed by atoms with Gasteiger partial charge in [-0.05, 0) is 104 Å². The van der Waals surface area contributed by atoms with Gasteiger partial charge in [-0.2, -0.15) is 0 Å². The first-order valence-corrected chi connectivity index (χ1v) is 22.7. The minimum atomic E-state index is -0.637. The number of benzene rings is 10. The van der Waals surface area contributed by atoms with E-state index >= 15 is 0 Å². The Bertz CT molecular complexity index is 3360. The van der Waals surface area contributed by atoms with Crippen molar-refractivity contribution >= 4 is 57.2 Å². The molecule has 308 valence electrons. The first kappa shape index (κ1) is 36.9. The quantitative estimate of drug-likeness (QED) is 0.165. The van der Waals surface area contributed by atoms with E-state index in [4.69, 9.17) is 9.47 Å². The van der Waals surface area contributed by atoms with Crippen LogP contribution in [-0.2, 0) is 5.41 Å². The van der Waals surface area contributed by atoms with Gasteiger partial charge in [-0.1, -0.05) is 176 Å². The lowest BCUT2D eigenvalue weighted by molar-refractivity contribution is 0.465. The van der Waals surface area contributed by atoms with Crippen LogP contribution in [0.3, 0.4) is 0 Å². The fourth-order valence-electron chi connectivity index (χ4n) is 11.4. The van der Waals surface area contributed by atoms with E-state index in [9.17, 15) is 0 Å². The molecule has 4 heterocycles. The lowest BCUT2D eigenvalue weighted by atomic mass is 9.34. The third-order valence-corrected chi connectivity index (χ3v) is 14.1. The topological polar surface area (TPSA) is 24.9 Å². The zero-order valence-corrected chi connectivity index (χ0v) is 35.8. The zero-order chi connectivity index (χ0) is 43.3. The van der Waals surface area contributed by atoms with Crippen LogP contribution in [0.15, 0.2) is 237 Å². The number of fused-ring (bicyclic) bond motifs is 12. The van der Waals surface area contributed by atoms with Gasteiger partial charge in [-0.15, -0.1) is 0 Å². The van der Waals surface area contributed by atoms with E-state index < -0.39 is 5.41 Å². The van der Waals surface area contributed by atoms with Crippen molar-refractivity contribution in [1.29, 1.82) is 0 Å². The van der Waals surface area contributed by atoms with Gasteiger partial charge in [0, 0.05) is 23.3 Å². The summed E-state index contributed by atoms with van der Waals surface area (Å²) in [4.78, 5) is 4.85. The Kier molecular flexibility index (Phi) is 7.96. The normalized spacial score (nSPS) is 14.0. The first-order chi connectivity index (χ1) is 32.7. The molecule has 4 aliphatic rings. The minimum Gasteiger partial charge on any atom is -0.458 e. The molecule has 4 nitrogen and oxygen atoms in total. The summed E-state index contributed by atoms with van der Waals surface area (Å²) in [5, 5.41) is 0. The highest BCUT2D eigenvalue weighted by Gasteiger charge is 2.52. The Balaban J connectivity index is 0.995. The summed E-state index contributed by atoms with van der Waals surface area (Å²) >= 11 is 0. The van der Waals surface area contributed by atoms with E-state index in [1.807, 2.05) is 0 Å². The molecule has 5 heteroatoms. The number of ether oxygens (including phenoxy) is 2. The van der Waals surface area contributed by atoms with Crippen molar-refractivity contribution in [1.82, 2.24) is 0 Å². The first-order valence-electron chi connectivity index (χ1n) is 22.7. The molecule has 0 fully saturated rings. The maximum atomic E-state index is 7.15. The third-order valence-electron chi connectivity index (χ3n) is 14.1. The molecule has 66 heavy (non-hydrogen) atoms. The number of hydrogen-bond acceptors (Lipinski definition) is 4. The van der Waals surface area contributed by atoms with Crippen LogP contribution >= 0.6 is 0 Å². The second kappa shape index (κ2) is 14.2. The average Bonchev–Trinajstić information content (AvgIpc) is 3.39. The Hall–Kier alpha value is -8.54. The Morgan fingerprint density at radius 2 is 0.667 bits per heavy atom. The fourth-order valence-corrected chi connectivity index (χ4v) is 11.4. The van der Waals surface area contributed by atoms with E-state index in [0.29, 0.717) is 0 Å². The summed E-state index contributed by atoms with van der Waals surface area (Å²) < 4.78 is 14.3. The molecule has 0 amide bonds. The third kappa shape index (κ3) is 5.22. The molecule has 1 spiro atoms. The van der Waals surface area contributed by atoms with Crippen molar-refractivity contribution in [2.45, 2.75) is 5.41 Å². The van der Waals surface area contributed by atoms with Gasteiger partial charge in [0.25, 0.3) is 6.71 Å². The van der Waals surface area contributed by atoms with Gasteiger partial charge in [0.15, 0.2) is 0 Å². The van der Waals surface area contributed by atoms with Crippen molar-refractivity contribution in [3.05, 3.63) is 259 Å². The molecular weight excluding hydrogens is 803 g/mol. The predicted molar refractivity (Wildman–Crippen MR) is 270 cm³/mol. The number of anilines is 6. The van der Waals surface area contributed by atoms with Crippen molar-refractivity contribution in [2.75, 3.05) is 9.80 Å². The summed E-state index contributed by atoms with van der Waals surface area (Å²) in [7, 11) is 0. The monoisotopic (exact) mass is 842 g/mol. The molecular formula is C61H39BN2O2. The van der Waals surface area contributed by atoms with Crippen LogP contribution in [0.1, 0.15) is 22.3 Å². The molecule has 0 unspecified atom stereocenters. The molecule has 0 N–H and O–H groups in total. The van der Waals surface area contributed by atoms with Gasteiger partial charge in [0.05, 0.1) is 33.9 Å². The van der Waals surface area contributed by atoms with Gasteiger partial charge in [-0.3, -0.25) is 0 Å². The number of para-hydroxylation sites is 5. The standard InChI is InChI=1S/C61H39BN2O2/c1-4-18-40(19-5-1)42-32-34-50-56(36-42)65-58-38-45(39-59-60(58)62(50)51-35-33-43(37-57(51)66-59)41-20-6-2-7-21-41)64-54-30-16-12-26-48(54)61(49-27-13-17-31-55(49)64)46-24-10-14-28-52(46)63(44-22-8-3-9-23-44)53-29-15-11-25-47(53)61/h1-39H. The van der Waals surface area contributed by atoms with Crippen LogP contribution in [0.25, 0.3) is 22.3 Å². The minimum absolute atomic E-state index is 0.0850. The van der Waals surface area contributed by atoms with Crippen molar-refractivity contribution in [3.8, 4) is 45.3 Å². The maximum absolute atomic E-state index is 7.15.